The summed E-state index contributed by atoms with van der Waals surface area (Å²) in [6.45, 7) is 2.02. The van der Waals surface area contributed by atoms with Crippen LogP contribution < -0.4 is 51.4 Å². The van der Waals surface area contributed by atoms with Crippen LogP contribution in [-0.4, -0.2) is 22.8 Å². The van der Waals surface area contributed by atoms with Crippen LogP contribution in [0.5, 0.6) is 0 Å². The summed E-state index contributed by atoms with van der Waals surface area (Å²) >= 11 is 6.77. The van der Waals surface area contributed by atoms with E-state index in [-0.39, 0.29) is 63.8 Å². The van der Waals surface area contributed by atoms with Crippen LogP contribution in [-0.2, 0) is 17.4 Å². The summed E-state index contributed by atoms with van der Waals surface area (Å²) in [4.78, 5) is 26.2. The average Bonchev–Trinajstić information content (AvgIpc) is 3.18. The molecular weight excluding hydrogens is 405 g/mol. The monoisotopic (exact) mass is 419 g/mol. The maximum Gasteiger partial charge on any atom is 1.00 e. The maximum absolute atomic E-state index is 13.1. The second-order valence-corrected chi connectivity index (χ2v) is 7.38. The Hall–Kier alpha value is -1.06. The van der Waals surface area contributed by atoms with Crippen molar-refractivity contribution in [2.24, 2.45) is 0 Å². The third kappa shape index (κ3) is 3.53. The fourth-order valence-corrected chi connectivity index (χ4v) is 4.56. The Kier molecular flexibility index (Phi) is 6.53. The summed E-state index contributed by atoms with van der Waals surface area (Å²) in [5.74, 6) is -0.584. The summed E-state index contributed by atoms with van der Waals surface area (Å²) in [5, 5.41) is 0.582. The van der Waals surface area contributed by atoms with Crippen molar-refractivity contribution in [3.63, 3.8) is 0 Å². The molecule has 3 heterocycles. The van der Waals surface area contributed by atoms with Crippen LogP contribution in [0.1, 0.15) is 32.5 Å². The Labute approximate surface area is 208 Å². The molecule has 0 saturated heterocycles. The standard InChI is InChI=1S/C20H15NO3S2.K/c1-2-24-19(23)14-13-10-6-7-11-21(13)16-15(14)18(26-20(16)25)17(22)12-8-4-3-5-9-12;/h3-11,25H,2H2,1H3;/q;+1/p-1. The first kappa shape index (κ1) is 20.7. The van der Waals surface area contributed by atoms with E-state index in [1.807, 2.05) is 47.0 Å². The van der Waals surface area contributed by atoms with Crippen LogP contribution in [0.25, 0.3) is 16.4 Å². The van der Waals surface area contributed by atoms with Crippen LogP contribution in [0.2, 0.25) is 0 Å². The fourth-order valence-electron chi connectivity index (χ4n) is 3.11. The van der Waals surface area contributed by atoms with Crippen molar-refractivity contribution in [1.82, 2.24) is 4.40 Å². The van der Waals surface area contributed by atoms with Gasteiger partial charge in [-0.25, -0.2) is 4.79 Å². The number of nitrogens with zero attached hydrogens (tertiary/aromatic N) is 1. The number of benzene rings is 1. The average molecular weight is 420 g/mol. The number of ether oxygens (including phenoxy) is 1. The van der Waals surface area contributed by atoms with Crippen LogP contribution in [0.15, 0.2) is 58.9 Å². The second kappa shape index (κ2) is 8.53. The first-order valence-electron chi connectivity index (χ1n) is 8.13. The molecule has 27 heavy (non-hydrogen) atoms. The van der Waals surface area contributed by atoms with Gasteiger partial charge in [-0.1, -0.05) is 40.6 Å². The molecule has 1 aromatic carbocycles. The van der Waals surface area contributed by atoms with Crippen molar-refractivity contribution in [1.29, 1.82) is 0 Å². The summed E-state index contributed by atoms with van der Waals surface area (Å²) in [6.07, 6.45) is 1.85. The number of carbonyl (C=O) groups excluding carboxylic acids is 2. The van der Waals surface area contributed by atoms with E-state index < -0.39 is 5.97 Å². The number of pyridine rings is 1. The number of ketones is 1. The van der Waals surface area contributed by atoms with E-state index in [0.717, 1.165) is 0 Å². The molecule has 0 saturated carbocycles. The Bertz CT molecular complexity index is 1150. The number of fused-ring (bicyclic) bond motifs is 3. The Morgan fingerprint density at radius 1 is 1.11 bits per heavy atom. The number of rotatable bonds is 4. The van der Waals surface area contributed by atoms with Gasteiger partial charge in [0.2, 0.25) is 0 Å². The van der Waals surface area contributed by atoms with Gasteiger partial charge in [-0.3, -0.25) is 4.79 Å². The number of esters is 1. The minimum atomic E-state index is -0.443. The molecule has 4 rings (SSSR count). The van der Waals surface area contributed by atoms with Gasteiger partial charge in [0.05, 0.1) is 17.7 Å². The molecule has 0 atom stereocenters. The zero-order valence-electron chi connectivity index (χ0n) is 14.9. The van der Waals surface area contributed by atoms with Crippen molar-refractivity contribution >= 4 is 52.1 Å². The number of thiophene rings is 1. The van der Waals surface area contributed by atoms with Gasteiger partial charge in [0.25, 0.3) is 0 Å². The van der Waals surface area contributed by atoms with E-state index in [4.69, 9.17) is 17.4 Å². The molecule has 4 nitrogen and oxygen atoms in total. The number of hydrogen-bond donors (Lipinski definition) is 0. The van der Waals surface area contributed by atoms with E-state index in [1.54, 1.807) is 19.1 Å². The van der Waals surface area contributed by atoms with Gasteiger partial charge in [0.1, 0.15) is 0 Å². The molecule has 130 valence electrons. The molecule has 0 spiro atoms. The summed E-state index contributed by atoms with van der Waals surface area (Å²) in [5.41, 5.74) is 2.37. The molecule has 0 aliphatic carbocycles. The fraction of sp³-hybridized carbons (Fsp3) is 0.100. The minimum Gasteiger partial charge on any atom is -0.462 e. The smallest absolute Gasteiger partial charge is 0.462 e. The zero-order chi connectivity index (χ0) is 18.3. The predicted molar refractivity (Wildman–Crippen MR) is 104 cm³/mol. The van der Waals surface area contributed by atoms with Crippen molar-refractivity contribution in [2.45, 2.75) is 11.1 Å². The van der Waals surface area contributed by atoms with E-state index >= 15 is 0 Å². The Morgan fingerprint density at radius 2 is 1.81 bits per heavy atom. The van der Waals surface area contributed by atoms with Crippen molar-refractivity contribution in [3.05, 3.63) is 70.7 Å². The first-order chi connectivity index (χ1) is 12.6. The van der Waals surface area contributed by atoms with Gasteiger partial charge in [0, 0.05) is 22.7 Å². The summed E-state index contributed by atoms with van der Waals surface area (Å²) in [6, 6.07) is 14.6. The summed E-state index contributed by atoms with van der Waals surface area (Å²) < 4.78 is 7.70. The van der Waals surface area contributed by atoms with Gasteiger partial charge >= 0.3 is 57.4 Å². The van der Waals surface area contributed by atoms with Crippen molar-refractivity contribution < 1.29 is 65.7 Å². The SMILES string of the molecule is CCOC(=O)c1c2c(C(=O)c3ccccc3)sc([S-])c2n2ccccc12.[K+]. The maximum atomic E-state index is 13.1. The molecule has 0 N–H and O–H groups in total. The minimum absolute atomic E-state index is 0. The molecule has 0 aliphatic rings. The van der Waals surface area contributed by atoms with Crippen molar-refractivity contribution in [2.75, 3.05) is 6.61 Å². The molecule has 0 amide bonds. The molecule has 0 radical (unpaired) electrons. The van der Waals surface area contributed by atoms with Crippen LogP contribution in [0.4, 0.5) is 0 Å². The molecule has 7 heteroatoms. The molecule has 0 aliphatic heterocycles. The van der Waals surface area contributed by atoms with Crippen LogP contribution in [0.3, 0.4) is 0 Å². The normalized spacial score (nSPS) is 10.7. The van der Waals surface area contributed by atoms with E-state index in [2.05, 4.69) is 0 Å². The second-order valence-electron chi connectivity index (χ2n) is 5.69. The van der Waals surface area contributed by atoms with Gasteiger partial charge in [-0.15, -0.1) is 0 Å². The Balaban J connectivity index is 0.00000210. The molecule has 0 bridgehead atoms. The summed E-state index contributed by atoms with van der Waals surface area (Å²) in [7, 11) is 0. The van der Waals surface area contributed by atoms with Crippen LogP contribution in [0, 0.1) is 0 Å². The van der Waals surface area contributed by atoms with Crippen molar-refractivity contribution in [3.8, 4) is 0 Å². The molecular formula is C20H14KNO3S2. The van der Waals surface area contributed by atoms with Crippen LogP contribution >= 0.6 is 11.3 Å². The first-order valence-corrected chi connectivity index (χ1v) is 9.35. The largest absolute Gasteiger partial charge is 1.00 e. The number of hydrogen-bond acceptors (Lipinski definition) is 5. The predicted octanol–water partition coefficient (Wildman–Crippen LogP) is 1.47. The third-order valence-corrected chi connectivity index (χ3v) is 5.60. The van der Waals surface area contributed by atoms with E-state index in [0.29, 0.717) is 36.6 Å². The van der Waals surface area contributed by atoms with Gasteiger partial charge in [-0.2, -0.15) is 0 Å². The molecule has 3 aromatic heterocycles. The van der Waals surface area contributed by atoms with Gasteiger partial charge in [-0.05, 0) is 23.9 Å². The number of carbonyl (C=O) groups is 2. The zero-order valence-corrected chi connectivity index (χ0v) is 19.6. The molecule has 0 fully saturated rings. The Morgan fingerprint density at radius 3 is 2.52 bits per heavy atom. The van der Waals surface area contributed by atoms with E-state index in [9.17, 15) is 9.59 Å². The molecule has 4 aromatic rings. The van der Waals surface area contributed by atoms with Gasteiger partial charge in [0.15, 0.2) is 5.78 Å². The van der Waals surface area contributed by atoms with E-state index in [1.165, 1.54) is 11.3 Å². The van der Waals surface area contributed by atoms with Gasteiger partial charge < -0.3 is 33.1 Å². The molecule has 0 unspecified atom stereocenters. The topological polar surface area (TPSA) is 47.8 Å². The third-order valence-electron chi connectivity index (χ3n) is 4.18. The number of aromatic nitrogens is 1. The quantitative estimate of drug-likeness (QED) is 0.218.